The minimum absolute atomic E-state index is 0.411. The number of rotatable bonds is 3. The fourth-order valence-corrected chi connectivity index (χ4v) is 1.62. The molecule has 1 aromatic rings. The van der Waals surface area contributed by atoms with Crippen molar-refractivity contribution in [3.63, 3.8) is 0 Å². The maximum atomic E-state index is 13.7. The average molecular weight is 187 g/mol. The summed E-state index contributed by atoms with van der Waals surface area (Å²) in [4.78, 5) is 0. The van der Waals surface area contributed by atoms with E-state index in [2.05, 4.69) is 0 Å². The Bertz CT molecular complexity index is 229. The lowest BCUT2D eigenvalue weighted by Crippen LogP contribution is -2.41. The summed E-state index contributed by atoms with van der Waals surface area (Å²) in [6.45, 7) is 3.25. The number of thiophene rings is 1. The Kier molecular flexibility index (Phi) is 2.85. The van der Waals surface area contributed by atoms with Gasteiger partial charge in [0.25, 0.3) is 0 Å². The van der Waals surface area contributed by atoms with Gasteiger partial charge in [0.2, 0.25) is 0 Å². The van der Waals surface area contributed by atoms with Crippen LogP contribution in [-0.4, -0.2) is 11.7 Å². The fraction of sp³-hybridized carbons (Fsp3) is 0.556. The van der Waals surface area contributed by atoms with Crippen molar-refractivity contribution in [3.05, 3.63) is 22.4 Å². The first-order valence-corrected chi connectivity index (χ1v) is 4.92. The van der Waals surface area contributed by atoms with E-state index in [4.69, 9.17) is 5.73 Å². The van der Waals surface area contributed by atoms with Gasteiger partial charge >= 0.3 is 0 Å². The van der Waals surface area contributed by atoms with Crippen LogP contribution in [0, 0.1) is 0 Å². The third-order valence-corrected chi connectivity index (χ3v) is 2.81. The van der Waals surface area contributed by atoms with E-state index in [1.807, 2.05) is 16.8 Å². The molecule has 0 fully saturated rings. The topological polar surface area (TPSA) is 26.0 Å². The predicted molar refractivity (Wildman–Crippen MR) is 51.2 cm³/mol. The van der Waals surface area contributed by atoms with Gasteiger partial charge < -0.3 is 5.73 Å². The normalized spacial score (nSPS) is 18.7. The maximum Gasteiger partial charge on any atom is 0.127 e. The van der Waals surface area contributed by atoms with Gasteiger partial charge in [-0.3, -0.25) is 0 Å². The van der Waals surface area contributed by atoms with Crippen LogP contribution in [0.2, 0.25) is 0 Å². The van der Waals surface area contributed by atoms with Crippen LogP contribution in [-0.2, 0) is 6.42 Å². The Morgan fingerprint density at radius 3 is 2.83 bits per heavy atom. The fourth-order valence-electron chi connectivity index (χ4n) is 0.953. The Labute approximate surface area is 76.4 Å². The number of halogens is 1. The van der Waals surface area contributed by atoms with Crippen molar-refractivity contribution in [2.75, 3.05) is 0 Å². The number of nitrogens with two attached hydrogens (primary N) is 1. The first-order chi connectivity index (χ1) is 5.52. The second-order valence-corrected chi connectivity index (χ2v) is 4.16. The molecule has 1 heterocycles. The van der Waals surface area contributed by atoms with Crippen molar-refractivity contribution in [1.29, 1.82) is 0 Å². The minimum atomic E-state index is -1.29. The van der Waals surface area contributed by atoms with Crippen LogP contribution >= 0.6 is 11.3 Å². The molecule has 0 aromatic carbocycles. The van der Waals surface area contributed by atoms with Gasteiger partial charge in [-0.1, -0.05) is 0 Å². The van der Waals surface area contributed by atoms with E-state index in [0.29, 0.717) is 6.42 Å². The molecule has 1 rings (SSSR count). The summed E-state index contributed by atoms with van der Waals surface area (Å²) in [6, 6.07) is 1.52. The molecule has 2 atom stereocenters. The lowest BCUT2D eigenvalue weighted by molar-refractivity contribution is 0.157. The van der Waals surface area contributed by atoms with Crippen molar-refractivity contribution in [1.82, 2.24) is 0 Å². The molecule has 68 valence electrons. The summed E-state index contributed by atoms with van der Waals surface area (Å²) in [6.07, 6.45) is 0.411. The second-order valence-electron chi connectivity index (χ2n) is 3.38. The molecule has 0 spiro atoms. The molecule has 0 radical (unpaired) electrons. The zero-order chi connectivity index (χ0) is 9.19. The molecule has 0 saturated carbocycles. The average Bonchev–Trinajstić information content (AvgIpc) is 2.38. The van der Waals surface area contributed by atoms with Crippen molar-refractivity contribution in [2.45, 2.75) is 32.0 Å². The molecule has 12 heavy (non-hydrogen) atoms. The van der Waals surface area contributed by atoms with Crippen molar-refractivity contribution in [2.24, 2.45) is 5.73 Å². The van der Waals surface area contributed by atoms with Crippen LogP contribution in [0.25, 0.3) is 0 Å². The van der Waals surface area contributed by atoms with Crippen molar-refractivity contribution in [3.8, 4) is 0 Å². The summed E-state index contributed by atoms with van der Waals surface area (Å²) < 4.78 is 13.7. The van der Waals surface area contributed by atoms with E-state index in [-0.39, 0.29) is 0 Å². The van der Waals surface area contributed by atoms with Crippen LogP contribution in [0.15, 0.2) is 16.8 Å². The highest BCUT2D eigenvalue weighted by atomic mass is 32.1. The van der Waals surface area contributed by atoms with E-state index >= 15 is 0 Å². The van der Waals surface area contributed by atoms with E-state index in [9.17, 15) is 4.39 Å². The van der Waals surface area contributed by atoms with Crippen LogP contribution in [0.1, 0.15) is 19.4 Å². The van der Waals surface area contributed by atoms with Gasteiger partial charge in [-0.15, -0.1) is 0 Å². The zero-order valence-electron chi connectivity index (χ0n) is 7.38. The molecule has 1 nitrogen and oxygen atoms in total. The molecular weight excluding hydrogens is 173 g/mol. The molecule has 0 bridgehead atoms. The molecule has 0 aliphatic heterocycles. The molecule has 2 N–H and O–H groups in total. The number of alkyl halides is 1. The lowest BCUT2D eigenvalue weighted by atomic mass is 9.94. The largest absolute Gasteiger partial charge is 0.325 e. The SMILES string of the molecule is CC(N)C(C)(F)Cc1ccsc1. The van der Waals surface area contributed by atoms with Gasteiger partial charge in [-0.25, -0.2) is 4.39 Å². The zero-order valence-corrected chi connectivity index (χ0v) is 8.20. The quantitative estimate of drug-likeness (QED) is 0.772. The minimum Gasteiger partial charge on any atom is -0.325 e. The van der Waals surface area contributed by atoms with Crippen LogP contribution in [0.5, 0.6) is 0 Å². The lowest BCUT2D eigenvalue weighted by Gasteiger charge is -2.23. The highest BCUT2D eigenvalue weighted by Crippen LogP contribution is 2.21. The molecular formula is C9H14FNS. The van der Waals surface area contributed by atoms with Crippen molar-refractivity contribution >= 4 is 11.3 Å². The predicted octanol–water partition coefficient (Wildman–Crippen LogP) is 2.37. The van der Waals surface area contributed by atoms with E-state index in [1.54, 1.807) is 25.2 Å². The molecule has 0 aliphatic carbocycles. The third kappa shape index (κ3) is 2.29. The maximum absolute atomic E-state index is 13.7. The summed E-state index contributed by atoms with van der Waals surface area (Å²) in [5, 5.41) is 3.91. The Morgan fingerprint density at radius 2 is 2.42 bits per heavy atom. The summed E-state index contributed by atoms with van der Waals surface area (Å²) in [5.41, 5.74) is 5.25. The van der Waals surface area contributed by atoms with Gasteiger partial charge in [0.15, 0.2) is 0 Å². The molecule has 0 saturated heterocycles. The molecule has 3 heteroatoms. The van der Waals surface area contributed by atoms with Gasteiger partial charge in [0, 0.05) is 12.5 Å². The smallest absolute Gasteiger partial charge is 0.127 e. The van der Waals surface area contributed by atoms with Gasteiger partial charge in [-0.05, 0) is 36.2 Å². The monoisotopic (exact) mass is 187 g/mol. The van der Waals surface area contributed by atoms with Crippen LogP contribution in [0.4, 0.5) is 4.39 Å². The van der Waals surface area contributed by atoms with Gasteiger partial charge in [-0.2, -0.15) is 11.3 Å². The molecule has 0 aliphatic rings. The van der Waals surface area contributed by atoms with Gasteiger partial charge in [0.1, 0.15) is 5.67 Å². The third-order valence-electron chi connectivity index (χ3n) is 2.08. The summed E-state index contributed by atoms with van der Waals surface area (Å²) >= 11 is 1.58. The molecule has 2 unspecified atom stereocenters. The van der Waals surface area contributed by atoms with Crippen LogP contribution < -0.4 is 5.73 Å². The second kappa shape index (κ2) is 3.54. The first-order valence-electron chi connectivity index (χ1n) is 3.98. The Morgan fingerprint density at radius 1 is 1.75 bits per heavy atom. The molecule has 1 aromatic heterocycles. The number of hydrogen-bond acceptors (Lipinski definition) is 2. The van der Waals surface area contributed by atoms with E-state index < -0.39 is 11.7 Å². The summed E-state index contributed by atoms with van der Waals surface area (Å²) in [5.74, 6) is 0. The van der Waals surface area contributed by atoms with Crippen molar-refractivity contribution < 1.29 is 4.39 Å². The van der Waals surface area contributed by atoms with Gasteiger partial charge in [0.05, 0.1) is 0 Å². The number of hydrogen-bond donors (Lipinski definition) is 1. The Balaban J connectivity index is 2.62. The first kappa shape index (κ1) is 9.68. The molecule has 0 amide bonds. The van der Waals surface area contributed by atoms with Crippen LogP contribution in [0.3, 0.4) is 0 Å². The standard InChI is InChI=1S/C9H14FNS/c1-7(11)9(2,10)5-8-3-4-12-6-8/h3-4,6-7H,5,11H2,1-2H3. The summed E-state index contributed by atoms with van der Waals surface area (Å²) in [7, 11) is 0. The van der Waals surface area contributed by atoms with E-state index in [0.717, 1.165) is 5.56 Å². The highest BCUT2D eigenvalue weighted by molar-refractivity contribution is 7.07. The highest BCUT2D eigenvalue weighted by Gasteiger charge is 2.28. The Hall–Kier alpha value is -0.410. The van der Waals surface area contributed by atoms with E-state index in [1.165, 1.54) is 0 Å².